The van der Waals surface area contributed by atoms with E-state index in [0.29, 0.717) is 37.2 Å². The van der Waals surface area contributed by atoms with Crippen LogP contribution >= 0.6 is 0 Å². The van der Waals surface area contributed by atoms with Crippen LogP contribution in [0, 0.1) is 5.92 Å². The molecule has 132 valence electrons. The van der Waals surface area contributed by atoms with Gasteiger partial charge in [-0.05, 0) is 31.9 Å². The van der Waals surface area contributed by atoms with Gasteiger partial charge in [0.15, 0.2) is 0 Å². The molecule has 0 radical (unpaired) electrons. The van der Waals surface area contributed by atoms with Crippen LogP contribution in [-0.4, -0.2) is 50.6 Å². The maximum atomic E-state index is 12.4. The number of hydrogen-bond acceptors (Lipinski definition) is 5. The number of para-hydroxylation sites is 1. The summed E-state index contributed by atoms with van der Waals surface area (Å²) < 4.78 is 29.4. The molecule has 0 spiro atoms. The van der Waals surface area contributed by atoms with Gasteiger partial charge in [-0.1, -0.05) is 12.1 Å². The second kappa shape index (κ2) is 7.76. The standard InChI is InChI=1S/C16H22N2O5S/c1-3-23-16(20)13-6-4-5-7-14(13)17-15(19)12-8-10-18(11-9-12)24(2,21)22/h4-7,12H,3,8-11H2,1-2H3,(H,17,19). The van der Waals surface area contributed by atoms with Gasteiger partial charge in [0, 0.05) is 19.0 Å². The number of ether oxygens (including phenoxy) is 1. The minimum atomic E-state index is -3.22. The number of anilines is 1. The molecule has 0 saturated carbocycles. The number of carbonyl (C=O) groups excluding carboxylic acids is 2. The molecule has 0 atom stereocenters. The Kier molecular flexibility index (Phi) is 5.95. The summed E-state index contributed by atoms with van der Waals surface area (Å²) in [7, 11) is -3.22. The Balaban J connectivity index is 2.02. The lowest BCUT2D eigenvalue weighted by atomic mass is 9.97. The van der Waals surface area contributed by atoms with E-state index in [0.717, 1.165) is 0 Å². The number of nitrogens with one attached hydrogen (secondary N) is 1. The van der Waals surface area contributed by atoms with Crippen LogP contribution < -0.4 is 5.32 Å². The van der Waals surface area contributed by atoms with Crippen LogP contribution in [-0.2, 0) is 19.6 Å². The van der Waals surface area contributed by atoms with Crippen molar-refractivity contribution >= 4 is 27.6 Å². The molecule has 2 rings (SSSR count). The highest BCUT2D eigenvalue weighted by atomic mass is 32.2. The molecule has 1 amide bonds. The minimum Gasteiger partial charge on any atom is -0.462 e. The Morgan fingerprint density at radius 3 is 2.46 bits per heavy atom. The second-order valence-electron chi connectivity index (χ2n) is 5.69. The lowest BCUT2D eigenvalue weighted by molar-refractivity contribution is -0.120. The number of piperidine rings is 1. The van der Waals surface area contributed by atoms with Gasteiger partial charge in [-0.2, -0.15) is 0 Å². The number of esters is 1. The van der Waals surface area contributed by atoms with Gasteiger partial charge in [-0.25, -0.2) is 17.5 Å². The lowest BCUT2D eigenvalue weighted by Gasteiger charge is -2.29. The predicted octanol–water partition coefficient (Wildman–Crippen LogP) is 1.47. The van der Waals surface area contributed by atoms with Crippen molar-refractivity contribution in [3.8, 4) is 0 Å². The van der Waals surface area contributed by atoms with Crippen molar-refractivity contribution in [1.82, 2.24) is 4.31 Å². The first-order valence-electron chi connectivity index (χ1n) is 7.85. The molecule has 1 aromatic carbocycles. The van der Waals surface area contributed by atoms with Crippen LogP contribution in [0.25, 0.3) is 0 Å². The van der Waals surface area contributed by atoms with Crippen molar-refractivity contribution in [2.24, 2.45) is 5.92 Å². The highest BCUT2D eigenvalue weighted by molar-refractivity contribution is 7.88. The molecule has 0 unspecified atom stereocenters. The lowest BCUT2D eigenvalue weighted by Crippen LogP contribution is -2.41. The van der Waals surface area contributed by atoms with Crippen LogP contribution in [0.5, 0.6) is 0 Å². The van der Waals surface area contributed by atoms with Gasteiger partial charge >= 0.3 is 5.97 Å². The van der Waals surface area contributed by atoms with E-state index in [-0.39, 0.29) is 18.4 Å². The summed E-state index contributed by atoms with van der Waals surface area (Å²) in [5.74, 6) is -0.974. The predicted molar refractivity (Wildman–Crippen MR) is 90.2 cm³/mol. The van der Waals surface area contributed by atoms with Crippen LogP contribution in [0.2, 0.25) is 0 Å². The molecule has 0 aliphatic carbocycles. The number of rotatable bonds is 5. The first kappa shape index (κ1) is 18.4. The Morgan fingerprint density at radius 2 is 1.88 bits per heavy atom. The first-order chi connectivity index (χ1) is 11.3. The molecule has 0 bridgehead atoms. The maximum Gasteiger partial charge on any atom is 0.340 e. The van der Waals surface area contributed by atoms with Gasteiger partial charge in [0.25, 0.3) is 0 Å². The number of amides is 1. The molecular weight excluding hydrogens is 332 g/mol. The fraction of sp³-hybridized carbons (Fsp3) is 0.500. The molecule has 1 fully saturated rings. The molecule has 1 saturated heterocycles. The zero-order chi connectivity index (χ0) is 17.7. The van der Waals surface area contributed by atoms with E-state index in [1.54, 1.807) is 31.2 Å². The Hall–Kier alpha value is -1.93. The summed E-state index contributed by atoms with van der Waals surface area (Å²) in [6, 6.07) is 6.67. The summed E-state index contributed by atoms with van der Waals surface area (Å²) in [6.07, 6.45) is 2.09. The normalized spacial score (nSPS) is 16.6. The number of sulfonamides is 1. The number of benzene rings is 1. The Labute approximate surface area is 142 Å². The SMILES string of the molecule is CCOC(=O)c1ccccc1NC(=O)C1CCN(S(C)(=O)=O)CC1. The van der Waals surface area contributed by atoms with Gasteiger partial charge in [0.05, 0.1) is 24.1 Å². The van der Waals surface area contributed by atoms with Crippen LogP contribution in [0.1, 0.15) is 30.1 Å². The molecular formula is C16H22N2O5S. The summed E-state index contributed by atoms with van der Waals surface area (Å²) in [5.41, 5.74) is 0.716. The molecule has 1 heterocycles. The Morgan fingerprint density at radius 1 is 1.25 bits per heavy atom. The third-order valence-electron chi connectivity index (χ3n) is 3.97. The molecule has 1 aromatic rings. The number of carbonyl (C=O) groups is 2. The molecule has 1 aliphatic rings. The fourth-order valence-corrected chi connectivity index (χ4v) is 3.54. The molecule has 1 aliphatic heterocycles. The van der Waals surface area contributed by atoms with E-state index in [1.165, 1.54) is 10.6 Å². The van der Waals surface area contributed by atoms with Crippen molar-refractivity contribution in [3.63, 3.8) is 0 Å². The Bertz CT molecular complexity index is 709. The van der Waals surface area contributed by atoms with E-state index >= 15 is 0 Å². The summed E-state index contributed by atoms with van der Waals surface area (Å²) >= 11 is 0. The number of hydrogen-bond donors (Lipinski definition) is 1. The third-order valence-corrected chi connectivity index (χ3v) is 5.28. The number of nitrogens with zero attached hydrogens (tertiary/aromatic N) is 1. The summed E-state index contributed by atoms with van der Waals surface area (Å²) in [4.78, 5) is 24.4. The molecule has 24 heavy (non-hydrogen) atoms. The molecule has 0 aromatic heterocycles. The van der Waals surface area contributed by atoms with Gasteiger partial charge in [0.1, 0.15) is 0 Å². The van der Waals surface area contributed by atoms with E-state index in [9.17, 15) is 18.0 Å². The molecule has 8 heteroatoms. The van der Waals surface area contributed by atoms with Gasteiger partial charge < -0.3 is 10.1 Å². The largest absolute Gasteiger partial charge is 0.462 e. The van der Waals surface area contributed by atoms with Crippen LogP contribution in [0.4, 0.5) is 5.69 Å². The average Bonchev–Trinajstić information content (AvgIpc) is 2.55. The highest BCUT2D eigenvalue weighted by Crippen LogP contribution is 2.23. The maximum absolute atomic E-state index is 12.4. The van der Waals surface area contributed by atoms with Gasteiger partial charge in [-0.3, -0.25) is 4.79 Å². The smallest absolute Gasteiger partial charge is 0.340 e. The summed E-state index contributed by atoms with van der Waals surface area (Å²) in [6.45, 7) is 2.63. The molecule has 7 nitrogen and oxygen atoms in total. The topological polar surface area (TPSA) is 92.8 Å². The van der Waals surface area contributed by atoms with E-state index in [1.807, 2.05) is 0 Å². The first-order valence-corrected chi connectivity index (χ1v) is 9.70. The van der Waals surface area contributed by atoms with Crippen LogP contribution in [0.3, 0.4) is 0 Å². The van der Waals surface area contributed by atoms with Gasteiger partial charge in [0.2, 0.25) is 15.9 Å². The second-order valence-corrected chi connectivity index (χ2v) is 7.67. The van der Waals surface area contributed by atoms with E-state index in [4.69, 9.17) is 4.74 Å². The van der Waals surface area contributed by atoms with Crippen molar-refractivity contribution in [2.75, 3.05) is 31.3 Å². The summed E-state index contributed by atoms with van der Waals surface area (Å²) in [5, 5.41) is 2.77. The third kappa shape index (κ3) is 4.55. The van der Waals surface area contributed by atoms with E-state index in [2.05, 4.69) is 5.32 Å². The van der Waals surface area contributed by atoms with Crippen LogP contribution in [0.15, 0.2) is 24.3 Å². The van der Waals surface area contributed by atoms with Crippen molar-refractivity contribution in [2.45, 2.75) is 19.8 Å². The fourth-order valence-electron chi connectivity index (χ4n) is 2.66. The zero-order valence-electron chi connectivity index (χ0n) is 13.8. The highest BCUT2D eigenvalue weighted by Gasteiger charge is 2.29. The average molecular weight is 354 g/mol. The van der Waals surface area contributed by atoms with E-state index < -0.39 is 16.0 Å². The molecule has 1 N–H and O–H groups in total. The quantitative estimate of drug-likeness (QED) is 0.809. The monoisotopic (exact) mass is 354 g/mol. The van der Waals surface area contributed by atoms with Crippen molar-refractivity contribution in [1.29, 1.82) is 0 Å². The zero-order valence-corrected chi connectivity index (χ0v) is 14.6. The van der Waals surface area contributed by atoms with Gasteiger partial charge in [-0.15, -0.1) is 0 Å². The minimum absolute atomic E-state index is 0.208. The van der Waals surface area contributed by atoms with Crippen molar-refractivity contribution < 1.29 is 22.7 Å². The van der Waals surface area contributed by atoms with Crippen molar-refractivity contribution in [3.05, 3.63) is 29.8 Å².